The summed E-state index contributed by atoms with van der Waals surface area (Å²) in [6, 6.07) is 4.74. The molecule has 1 saturated heterocycles. The molecule has 3 rings (SSSR count). The number of nitrogens with zero attached hydrogens (tertiary/aromatic N) is 1. The Morgan fingerprint density at radius 3 is 2.96 bits per heavy atom. The minimum absolute atomic E-state index is 0.160. The Bertz CT molecular complexity index is 506. The van der Waals surface area contributed by atoms with Gasteiger partial charge in [0.05, 0.1) is 11.9 Å². The lowest BCUT2D eigenvalue weighted by Crippen LogP contribution is -2.54. The van der Waals surface area contributed by atoms with Crippen LogP contribution < -0.4 is 10.6 Å². The molecule has 1 aromatic heterocycles. The monoisotopic (exact) mass is 319 g/mol. The Labute approximate surface area is 138 Å². The predicted octanol–water partition coefficient (Wildman–Crippen LogP) is 2.87. The number of rotatable bonds is 5. The van der Waals surface area contributed by atoms with Crippen molar-refractivity contribution in [2.75, 3.05) is 13.2 Å². The van der Waals surface area contributed by atoms with Crippen molar-refractivity contribution in [2.24, 2.45) is 4.99 Å². The van der Waals surface area contributed by atoms with Crippen LogP contribution in [0.1, 0.15) is 51.7 Å². The van der Waals surface area contributed by atoms with E-state index in [-0.39, 0.29) is 5.60 Å². The Balaban J connectivity index is 1.54. The molecule has 1 spiro atoms. The van der Waals surface area contributed by atoms with Crippen LogP contribution in [0.25, 0.3) is 0 Å². The first kappa shape index (κ1) is 16.4. The van der Waals surface area contributed by atoms with E-state index >= 15 is 0 Å². The molecule has 5 nitrogen and oxygen atoms in total. The first-order valence-corrected chi connectivity index (χ1v) is 8.89. The van der Waals surface area contributed by atoms with Crippen LogP contribution in [-0.4, -0.2) is 36.8 Å². The molecule has 2 aliphatic rings. The van der Waals surface area contributed by atoms with Crippen LogP contribution in [-0.2, 0) is 11.2 Å². The molecule has 5 heteroatoms. The number of hydrogen-bond acceptors (Lipinski definition) is 3. The van der Waals surface area contributed by atoms with Crippen molar-refractivity contribution in [2.45, 2.75) is 70.1 Å². The number of nitrogens with one attached hydrogen (secondary N) is 2. The van der Waals surface area contributed by atoms with Gasteiger partial charge in [0.15, 0.2) is 5.96 Å². The molecule has 1 saturated carbocycles. The third-order valence-corrected chi connectivity index (χ3v) is 4.73. The summed E-state index contributed by atoms with van der Waals surface area (Å²) >= 11 is 0. The van der Waals surface area contributed by atoms with Gasteiger partial charge in [-0.05, 0) is 58.1 Å². The number of furan rings is 1. The lowest BCUT2D eigenvalue weighted by atomic mass is 9.74. The minimum atomic E-state index is 0.160. The van der Waals surface area contributed by atoms with Gasteiger partial charge < -0.3 is 19.8 Å². The smallest absolute Gasteiger partial charge is 0.191 e. The van der Waals surface area contributed by atoms with E-state index in [1.54, 1.807) is 6.26 Å². The highest BCUT2D eigenvalue weighted by molar-refractivity contribution is 5.80. The molecule has 1 aliphatic carbocycles. The number of guanidine groups is 1. The molecule has 23 heavy (non-hydrogen) atoms. The summed E-state index contributed by atoms with van der Waals surface area (Å²) in [7, 11) is 0. The largest absolute Gasteiger partial charge is 0.469 e. The first-order valence-electron chi connectivity index (χ1n) is 8.89. The van der Waals surface area contributed by atoms with Crippen molar-refractivity contribution >= 4 is 5.96 Å². The van der Waals surface area contributed by atoms with E-state index in [2.05, 4.69) is 24.5 Å². The summed E-state index contributed by atoms with van der Waals surface area (Å²) in [5, 5.41) is 7.06. The second-order valence-electron chi connectivity index (χ2n) is 7.08. The number of hydrogen-bond donors (Lipinski definition) is 2. The normalized spacial score (nSPS) is 23.8. The SMILES string of the molecule is CC(C)NC(=NCCc1ccco1)NC1CCOC2(CCC2)C1. The van der Waals surface area contributed by atoms with Crippen LogP contribution in [0.15, 0.2) is 27.8 Å². The molecule has 0 aromatic carbocycles. The predicted molar refractivity (Wildman–Crippen MR) is 91.7 cm³/mol. The molecule has 1 atom stereocenters. The second-order valence-corrected chi connectivity index (χ2v) is 7.08. The van der Waals surface area contributed by atoms with Gasteiger partial charge in [0.25, 0.3) is 0 Å². The molecular weight excluding hydrogens is 290 g/mol. The molecule has 2 N–H and O–H groups in total. The summed E-state index contributed by atoms with van der Waals surface area (Å²) < 4.78 is 11.4. The summed E-state index contributed by atoms with van der Waals surface area (Å²) in [6.45, 7) is 5.87. The summed E-state index contributed by atoms with van der Waals surface area (Å²) in [4.78, 5) is 4.72. The third-order valence-electron chi connectivity index (χ3n) is 4.73. The fourth-order valence-corrected chi connectivity index (χ4v) is 3.40. The van der Waals surface area contributed by atoms with Gasteiger partial charge in [0, 0.05) is 31.7 Å². The van der Waals surface area contributed by atoms with Crippen molar-refractivity contribution < 1.29 is 9.15 Å². The van der Waals surface area contributed by atoms with Gasteiger partial charge in [0.2, 0.25) is 0 Å². The average molecular weight is 319 g/mol. The van der Waals surface area contributed by atoms with Gasteiger partial charge in [-0.1, -0.05) is 0 Å². The van der Waals surface area contributed by atoms with E-state index in [4.69, 9.17) is 14.1 Å². The maximum atomic E-state index is 6.01. The van der Waals surface area contributed by atoms with E-state index in [9.17, 15) is 0 Å². The van der Waals surface area contributed by atoms with Crippen molar-refractivity contribution in [3.63, 3.8) is 0 Å². The lowest BCUT2D eigenvalue weighted by Gasteiger charge is -2.47. The highest BCUT2D eigenvalue weighted by Crippen LogP contribution is 2.42. The van der Waals surface area contributed by atoms with Gasteiger partial charge >= 0.3 is 0 Å². The number of aliphatic imine (C=N–C) groups is 1. The van der Waals surface area contributed by atoms with Crippen molar-refractivity contribution in [3.05, 3.63) is 24.2 Å². The van der Waals surface area contributed by atoms with E-state index < -0.39 is 0 Å². The summed E-state index contributed by atoms with van der Waals surface area (Å²) in [6.07, 6.45) is 8.44. The molecule has 0 bridgehead atoms. The molecule has 1 aromatic rings. The molecule has 1 unspecified atom stereocenters. The maximum absolute atomic E-state index is 6.01. The zero-order chi connectivity index (χ0) is 16.1. The fraction of sp³-hybridized carbons (Fsp3) is 0.722. The van der Waals surface area contributed by atoms with Crippen LogP contribution in [0.4, 0.5) is 0 Å². The zero-order valence-electron chi connectivity index (χ0n) is 14.3. The van der Waals surface area contributed by atoms with Gasteiger partial charge in [-0.15, -0.1) is 0 Å². The van der Waals surface area contributed by atoms with E-state index in [0.29, 0.717) is 12.1 Å². The minimum Gasteiger partial charge on any atom is -0.469 e. The lowest BCUT2D eigenvalue weighted by molar-refractivity contribution is -0.134. The fourth-order valence-electron chi connectivity index (χ4n) is 3.40. The highest BCUT2D eigenvalue weighted by Gasteiger charge is 2.42. The van der Waals surface area contributed by atoms with E-state index in [1.165, 1.54) is 19.3 Å². The van der Waals surface area contributed by atoms with Gasteiger partial charge in [-0.3, -0.25) is 4.99 Å². The topological polar surface area (TPSA) is 58.8 Å². The number of ether oxygens (including phenoxy) is 1. The summed E-state index contributed by atoms with van der Waals surface area (Å²) in [5.74, 6) is 1.89. The van der Waals surface area contributed by atoms with Crippen molar-refractivity contribution in [3.8, 4) is 0 Å². The molecular formula is C18H29N3O2. The molecule has 1 aliphatic heterocycles. The van der Waals surface area contributed by atoms with E-state index in [1.807, 2.05) is 12.1 Å². The van der Waals surface area contributed by atoms with Crippen LogP contribution in [0.2, 0.25) is 0 Å². The molecule has 0 amide bonds. The van der Waals surface area contributed by atoms with Gasteiger partial charge in [0.1, 0.15) is 5.76 Å². The summed E-state index contributed by atoms with van der Waals surface area (Å²) in [5.41, 5.74) is 0.160. The Hall–Kier alpha value is -1.49. The maximum Gasteiger partial charge on any atom is 0.191 e. The van der Waals surface area contributed by atoms with Crippen molar-refractivity contribution in [1.29, 1.82) is 0 Å². The highest BCUT2D eigenvalue weighted by atomic mass is 16.5. The molecule has 128 valence electrons. The average Bonchev–Trinajstić information content (AvgIpc) is 2.98. The zero-order valence-corrected chi connectivity index (χ0v) is 14.3. The Kier molecular flexibility index (Phi) is 5.26. The molecule has 2 heterocycles. The van der Waals surface area contributed by atoms with Crippen molar-refractivity contribution in [1.82, 2.24) is 10.6 Å². The van der Waals surface area contributed by atoms with E-state index in [0.717, 1.165) is 44.1 Å². The molecule has 0 radical (unpaired) electrons. The van der Waals surface area contributed by atoms with Crippen LogP contribution in [0.5, 0.6) is 0 Å². The van der Waals surface area contributed by atoms with Crippen LogP contribution >= 0.6 is 0 Å². The molecule has 2 fully saturated rings. The van der Waals surface area contributed by atoms with Crippen LogP contribution in [0.3, 0.4) is 0 Å². The van der Waals surface area contributed by atoms with Gasteiger partial charge in [-0.25, -0.2) is 0 Å². The second kappa shape index (κ2) is 7.39. The standard InChI is InChI=1S/C18H29N3O2/c1-14(2)20-17(19-10-6-16-5-3-11-22-16)21-15-7-12-23-18(13-15)8-4-9-18/h3,5,11,14-15H,4,6-10,12-13H2,1-2H3,(H2,19,20,21). The van der Waals surface area contributed by atoms with Gasteiger partial charge in [-0.2, -0.15) is 0 Å². The Morgan fingerprint density at radius 2 is 2.30 bits per heavy atom. The van der Waals surface area contributed by atoms with Crippen LogP contribution in [0, 0.1) is 0 Å². The first-order chi connectivity index (χ1) is 11.2. The third kappa shape index (κ3) is 4.50. The Morgan fingerprint density at radius 1 is 1.43 bits per heavy atom. The quantitative estimate of drug-likeness (QED) is 0.647.